The fraction of sp³-hybridized carbons (Fsp3) is 0.250. The summed E-state index contributed by atoms with van der Waals surface area (Å²) in [6.45, 7) is 1.21. The second-order valence-electron chi connectivity index (χ2n) is 5.10. The molecule has 2 aromatic rings. The topological polar surface area (TPSA) is 66.4 Å². The van der Waals surface area contributed by atoms with Crippen molar-refractivity contribution in [3.05, 3.63) is 65.5 Å². The van der Waals surface area contributed by atoms with Gasteiger partial charge in [0.1, 0.15) is 5.82 Å². The number of hydrogen-bond donors (Lipinski definition) is 2. The van der Waals surface area contributed by atoms with Gasteiger partial charge in [-0.25, -0.2) is 17.5 Å². The van der Waals surface area contributed by atoms with Crippen LogP contribution >= 0.6 is 0 Å². The Morgan fingerprint density at radius 2 is 1.86 bits per heavy atom. The molecule has 0 saturated carbocycles. The Morgan fingerprint density at radius 3 is 2.45 bits per heavy atom. The second-order valence-corrected chi connectivity index (χ2v) is 6.78. The highest BCUT2D eigenvalue weighted by Gasteiger charge is 2.21. The predicted molar refractivity (Wildman–Crippen MR) is 82.5 cm³/mol. The first-order valence-electron chi connectivity index (χ1n) is 6.85. The molecule has 22 heavy (non-hydrogen) atoms. The van der Waals surface area contributed by atoms with Crippen LogP contribution in [-0.4, -0.2) is 26.2 Å². The molecule has 2 rings (SSSR count). The molecule has 0 radical (unpaired) electrons. The Morgan fingerprint density at radius 1 is 1.18 bits per heavy atom. The lowest BCUT2D eigenvalue weighted by molar-refractivity contribution is 0.256. The van der Waals surface area contributed by atoms with Crippen LogP contribution in [0.25, 0.3) is 0 Å². The van der Waals surface area contributed by atoms with Crippen molar-refractivity contribution < 1.29 is 17.9 Å². The van der Waals surface area contributed by atoms with E-state index >= 15 is 0 Å². The van der Waals surface area contributed by atoms with Crippen LogP contribution in [-0.2, 0) is 16.4 Å². The van der Waals surface area contributed by atoms with E-state index in [2.05, 4.69) is 4.72 Å². The van der Waals surface area contributed by atoms with Gasteiger partial charge in [0.2, 0.25) is 10.0 Å². The van der Waals surface area contributed by atoms with Gasteiger partial charge in [0.15, 0.2) is 0 Å². The average Bonchev–Trinajstić information content (AvgIpc) is 2.47. The van der Waals surface area contributed by atoms with Gasteiger partial charge in [0.25, 0.3) is 0 Å². The van der Waals surface area contributed by atoms with Gasteiger partial charge in [-0.1, -0.05) is 30.3 Å². The Balaban J connectivity index is 2.18. The molecule has 0 aliphatic rings. The third-order valence-electron chi connectivity index (χ3n) is 3.29. The zero-order valence-electron chi connectivity index (χ0n) is 12.2. The minimum Gasteiger partial charge on any atom is -0.395 e. The third kappa shape index (κ3) is 4.13. The molecule has 0 bridgehead atoms. The smallest absolute Gasteiger partial charge is 0.241 e. The molecule has 1 unspecified atom stereocenters. The van der Waals surface area contributed by atoms with Crippen LogP contribution in [0.4, 0.5) is 4.39 Å². The van der Waals surface area contributed by atoms with Crippen molar-refractivity contribution in [3.63, 3.8) is 0 Å². The molecule has 118 valence electrons. The van der Waals surface area contributed by atoms with Gasteiger partial charge in [0.05, 0.1) is 11.5 Å². The summed E-state index contributed by atoms with van der Waals surface area (Å²) in [5, 5.41) is 9.42. The number of halogens is 1. The van der Waals surface area contributed by atoms with Crippen molar-refractivity contribution in [2.75, 3.05) is 6.61 Å². The lowest BCUT2D eigenvalue weighted by Gasteiger charge is -2.17. The Hall–Kier alpha value is -1.76. The minimum atomic E-state index is -3.82. The Bertz CT molecular complexity index is 732. The summed E-state index contributed by atoms with van der Waals surface area (Å²) < 4.78 is 40.3. The molecule has 0 fully saturated rings. The van der Waals surface area contributed by atoms with Crippen LogP contribution < -0.4 is 4.72 Å². The molecular weight excluding hydrogens is 305 g/mol. The molecular formula is C16H18FNO3S. The summed E-state index contributed by atoms with van der Waals surface area (Å²) in [5.41, 5.74) is 1.24. The van der Waals surface area contributed by atoms with E-state index in [1.807, 2.05) is 30.3 Å². The quantitative estimate of drug-likeness (QED) is 0.855. The summed E-state index contributed by atoms with van der Waals surface area (Å²) in [6.07, 6.45) is 0.372. The maximum atomic E-state index is 13.1. The molecule has 0 aliphatic heterocycles. The summed E-state index contributed by atoms with van der Waals surface area (Å²) in [7, 11) is -3.82. The number of aliphatic hydroxyl groups is 1. The van der Waals surface area contributed by atoms with Crippen LogP contribution in [0.3, 0.4) is 0 Å². The maximum absolute atomic E-state index is 13.1. The highest BCUT2D eigenvalue weighted by atomic mass is 32.2. The molecule has 0 amide bonds. The first kappa shape index (κ1) is 16.6. The Labute approximate surface area is 129 Å². The fourth-order valence-corrected chi connectivity index (χ4v) is 3.69. The molecule has 1 atom stereocenters. The lowest BCUT2D eigenvalue weighted by atomic mass is 10.1. The molecule has 0 spiro atoms. The van der Waals surface area contributed by atoms with E-state index < -0.39 is 21.9 Å². The van der Waals surface area contributed by atoms with E-state index in [1.165, 1.54) is 19.1 Å². The van der Waals surface area contributed by atoms with Gasteiger partial charge in [0, 0.05) is 6.04 Å². The van der Waals surface area contributed by atoms with E-state index in [-0.39, 0.29) is 11.5 Å². The fourth-order valence-electron chi connectivity index (χ4n) is 2.24. The second kappa shape index (κ2) is 7.00. The van der Waals surface area contributed by atoms with E-state index in [0.717, 1.165) is 11.6 Å². The van der Waals surface area contributed by atoms with Gasteiger partial charge in [-0.05, 0) is 42.7 Å². The van der Waals surface area contributed by atoms with Crippen LogP contribution in [0.5, 0.6) is 0 Å². The van der Waals surface area contributed by atoms with Crippen LogP contribution in [0.1, 0.15) is 11.1 Å². The summed E-state index contributed by atoms with van der Waals surface area (Å²) in [6, 6.07) is 12.1. The molecule has 6 heteroatoms. The zero-order chi connectivity index (χ0) is 16.2. The molecule has 2 N–H and O–H groups in total. The number of benzene rings is 2. The normalized spacial score (nSPS) is 13.0. The maximum Gasteiger partial charge on any atom is 0.241 e. The SMILES string of the molecule is Cc1cc(F)ccc1S(=O)(=O)NC(CO)Cc1ccccc1. The number of sulfonamides is 1. The molecule has 0 aliphatic carbocycles. The predicted octanol–water partition coefficient (Wildman–Crippen LogP) is 2.02. The lowest BCUT2D eigenvalue weighted by Crippen LogP contribution is -2.39. The summed E-state index contributed by atoms with van der Waals surface area (Å²) >= 11 is 0. The van der Waals surface area contributed by atoms with Crippen molar-refractivity contribution in [1.29, 1.82) is 0 Å². The van der Waals surface area contributed by atoms with E-state index in [1.54, 1.807) is 0 Å². The third-order valence-corrected chi connectivity index (χ3v) is 4.97. The van der Waals surface area contributed by atoms with E-state index in [4.69, 9.17) is 0 Å². The number of aryl methyl sites for hydroxylation is 1. The highest BCUT2D eigenvalue weighted by Crippen LogP contribution is 2.17. The number of nitrogens with one attached hydrogen (secondary N) is 1. The van der Waals surface area contributed by atoms with Gasteiger partial charge in [-0.15, -0.1) is 0 Å². The van der Waals surface area contributed by atoms with Crippen molar-refractivity contribution in [2.24, 2.45) is 0 Å². The van der Waals surface area contributed by atoms with Crippen molar-refractivity contribution in [3.8, 4) is 0 Å². The average molecular weight is 323 g/mol. The van der Waals surface area contributed by atoms with Gasteiger partial charge < -0.3 is 5.11 Å². The van der Waals surface area contributed by atoms with E-state index in [9.17, 15) is 17.9 Å². The molecule has 0 heterocycles. The van der Waals surface area contributed by atoms with Crippen molar-refractivity contribution in [1.82, 2.24) is 4.72 Å². The number of hydrogen-bond acceptors (Lipinski definition) is 3. The minimum absolute atomic E-state index is 0.0143. The first-order chi connectivity index (χ1) is 10.4. The molecule has 4 nitrogen and oxygen atoms in total. The van der Waals surface area contributed by atoms with Gasteiger partial charge in [-0.2, -0.15) is 0 Å². The largest absolute Gasteiger partial charge is 0.395 e. The summed E-state index contributed by atoms with van der Waals surface area (Å²) in [4.78, 5) is 0.0143. The van der Waals surface area contributed by atoms with Crippen LogP contribution in [0, 0.1) is 12.7 Å². The zero-order valence-corrected chi connectivity index (χ0v) is 13.0. The molecule has 0 aromatic heterocycles. The summed E-state index contributed by atoms with van der Waals surface area (Å²) in [5.74, 6) is -0.487. The first-order valence-corrected chi connectivity index (χ1v) is 8.34. The Kier molecular flexibility index (Phi) is 5.28. The van der Waals surface area contributed by atoms with Crippen LogP contribution in [0.2, 0.25) is 0 Å². The van der Waals surface area contributed by atoms with Crippen molar-refractivity contribution in [2.45, 2.75) is 24.3 Å². The van der Waals surface area contributed by atoms with Gasteiger partial charge >= 0.3 is 0 Å². The number of rotatable bonds is 6. The standard InChI is InChI=1S/C16H18FNO3S/c1-12-9-14(17)7-8-16(12)22(20,21)18-15(11-19)10-13-5-3-2-4-6-13/h2-9,15,18-19H,10-11H2,1H3. The van der Waals surface area contributed by atoms with E-state index in [0.29, 0.717) is 12.0 Å². The molecule has 2 aromatic carbocycles. The van der Waals surface area contributed by atoms with Crippen LogP contribution in [0.15, 0.2) is 53.4 Å². The van der Waals surface area contributed by atoms with Crippen molar-refractivity contribution >= 4 is 10.0 Å². The highest BCUT2D eigenvalue weighted by molar-refractivity contribution is 7.89. The van der Waals surface area contributed by atoms with Gasteiger partial charge in [-0.3, -0.25) is 0 Å². The molecule has 0 saturated heterocycles. The number of aliphatic hydroxyl groups excluding tert-OH is 1. The monoisotopic (exact) mass is 323 g/mol.